The van der Waals surface area contributed by atoms with Crippen LogP contribution in [0.25, 0.3) is 0 Å². The van der Waals surface area contributed by atoms with E-state index in [0.29, 0.717) is 12.8 Å². The molecule has 2 heterocycles. The Balaban J connectivity index is 1.64. The number of allylic oxidation sites excluding steroid dienone is 4. The first-order valence-electron chi connectivity index (χ1n) is 35.6. The van der Waals surface area contributed by atoms with Crippen molar-refractivity contribution in [3.8, 4) is 0 Å². The molecule has 12 atom stereocenters. The normalized spacial score (nSPS) is 23.7. The number of hydrogen-bond donors (Lipinski definition) is 9. The molecule has 2 aliphatic heterocycles. The lowest BCUT2D eigenvalue weighted by atomic mass is 9.97. The van der Waals surface area contributed by atoms with Crippen molar-refractivity contribution in [1.29, 1.82) is 0 Å². The van der Waals surface area contributed by atoms with Crippen LogP contribution >= 0.6 is 0 Å². The zero-order chi connectivity index (χ0) is 60.9. The van der Waals surface area contributed by atoms with Gasteiger partial charge in [-0.1, -0.05) is 295 Å². The van der Waals surface area contributed by atoms with Gasteiger partial charge in [-0.25, -0.2) is 0 Å². The molecule has 2 fully saturated rings. The number of carbonyl (C=O) groups excluding carboxylic acids is 1. The van der Waals surface area contributed by atoms with Crippen molar-refractivity contribution in [1.82, 2.24) is 5.32 Å². The predicted octanol–water partition coefficient (Wildman–Crippen LogP) is 14.3. The summed E-state index contributed by atoms with van der Waals surface area (Å²) >= 11 is 0. The Morgan fingerprint density at radius 3 is 1.21 bits per heavy atom. The van der Waals surface area contributed by atoms with E-state index in [1.807, 2.05) is 0 Å². The Bertz CT molecular complexity index is 1500. The molecule has 1 amide bonds. The summed E-state index contributed by atoms with van der Waals surface area (Å²) < 4.78 is 22.9. The van der Waals surface area contributed by atoms with Crippen LogP contribution in [0.3, 0.4) is 0 Å². The van der Waals surface area contributed by atoms with Gasteiger partial charge in [-0.15, -0.1) is 0 Å². The number of aliphatic hydroxyl groups excluding tert-OH is 8. The van der Waals surface area contributed by atoms with E-state index < -0.39 is 86.8 Å². The third-order valence-electron chi connectivity index (χ3n) is 17.7. The minimum Gasteiger partial charge on any atom is -0.394 e. The number of nitrogens with one attached hydrogen (secondary N) is 1. The van der Waals surface area contributed by atoms with Gasteiger partial charge in [-0.05, 0) is 44.9 Å². The Morgan fingerprint density at radius 2 is 0.786 bits per heavy atom. The zero-order valence-corrected chi connectivity index (χ0v) is 53.9. The summed E-state index contributed by atoms with van der Waals surface area (Å²) in [6.45, 7) is 2.88. The lowest BCUT2D eigenvalue weighted by Crippen LogP contribution is -2.65. The molecule has 0 saturated carbocycles. The van der Waals surface area contributed by atoms with Gasteiger partial charge in [0.15, 0.2) is 12.6 Å². The molecule has 2 aliphatic rings. The minimum atomic E-state index is -1.78. The van der Waals surface area contributed by atoms with Crippen LogP contribution in [0.15, 0.2) is 24.3 Å². The molecule has 0 bridgehead atoms. The molecular formula is C70H133NO13. The maximum atomic E-state index is 13.3. The first kappa shape index (κ1) is 78.6. The fourth-order valence-corrected chi connectivity index (χ4v) is 12.0. The van der Waals surface area contributed by atoms with Crippen molar-refractivity contribution >= 4 is 5.91 Å². The lowest BCUT2D eigenvalue weighted by Gasteiger charge is -2.46. The van der Waals surface area contributed by atoms with Crippen molar-refractivity contribution < 1.29 is 64.6 Å². The second-order valence-corrected chi connectivity index (χ2v) is 25.4. The molecule has 9 N–H and O–H groups in total. The fourth-order valence-electron chi connectivity index (χ4n) is 12.0. The van der Waals surface area contributed by atoms with Crippen LogP contribution < -0.4 is 5.32 Å². The average molecular weight is 1200 g/mol. The number of unbranched alkanes of at least 4 members (excludes halogenated alkanes) is 42. The summed E-state index contributed by atoms with van der Waals surface area (Å²) in [6.07, 6.45) is 52.0. The van der Waals surface area contributed by atoms with Crippen LogP contribution in [-0.2, 0) is 23.7 Å². The first-order chi connectivity index (χ1) is 41.1. The van der Waals surface area contributed by atoms with Gasteiger partial charge in [0.2, 0.25) is 5.91 Å². The van der Waals surface area contributed by atoms with E-state index in [0.717, 1.165) is 64.2 Å². The number of carbonyl (C=O) groups is 1. The third kappa shape index (κ3) is 39.5. The van der Waals surface area contributed by atoms with E-state index >= 15 is 0 Å². The largest absolute Gasteiger partial charge is 0.394 e. The monoisotopic (exact) mass is 1200 g/mol. The van der Waals surface area contributed by atoms with Gasteiger partial charge in [-0.3, -0.25) is 4.79 Å². The van der Waals surface area contributed by atoms with Crippen LogP contribution in [-0.4, -0.2) is 140 Å². The quantitative estimate of drug-likeness (QED) is 0.0204. The van der Waals surface area contributed by atoms with Gasteiger partial charge in [-0.2, -0.15) is 0 Å². The van der Waals surface area contributed by atoms with Crippen molar-refractivity contribution in [3.05, 3.63) is 24.3 Å². The lowest BCUT2D eigenvalue weighted by molar-refractivity contribution is -0.359. The van der Waals surface area contributed by atoms with Crippen LogP contribution in [0.4, 0.5) is 0 Å². The fraction of sp³-hybridized carbons (Fsp3) is 0.929. The van der Waals surface area contributed by atoms with Crippen LogP contribution in [0, 0.1) is 0 Å². The van der Waals surface area contributed by atoms with Gasteiger partial charge < -0.3 is 65.1 Å². The maximum Gasteiger partial charge on any atom is 0.220 e. The first-order valence-corrected chi connectivity index (χ1v) is 35.6. The summed E-state index contributed by atoms with van der Waals surface area (Å²) in [7, 11) is 0. The summed E-state index contributed by atoms with van der Waals surface area (Å²) in [5.41, 5.74) is 0. The summed E-state index contributed by atoms with van der Waals surface area (Å²) in [4.78, 5) is 13.3. The van der Waals surface area contributed by atoms with Crippen molar-refractivity contribution in [2.45, 2.75) is 396 Å². The standard InChI is InChI=1S/C70H133NO13/c1-3-5-7-9-11-13-15-17-19-21-23-24-25-26-27-28-29-30-31-32-33-34-36-37-39-41-43-45-47-49-51-53-59(74)58(71-62(75)54-52-50-48-46-44-42-40-38-35-22-20-18-16-14-12-10-8-6-4-2)57-81-69-67(80)65(78)68(61(56-73)83-69)84-70-66(79)64(77)63(76)60(55-72)82-70/h12,14,18,20,58-61,63-70,72-74,76-80H,3-11,13,15-17,19,21-57H2,1-2H3,(H,71,75)/b14-12-,20-18-. The molecule has 84 heavy (non-hydrogen) atoms. The molecule has 0 aromatic carbocycles. The number of rotatable bonds is 59. The predicted molar refractivity (Wildman–Crippen MR) is 342 cm³/mol. The van der Waals surface area contributed by atoms with Gasteiger partial charge in [0.25, 0.3) is 0 Å². The average Bonchev–Trinajstić information content (AvgIpc) is 3.62. The van der Waals surface area contributed by atoms with E-state index in [2.05, 4.69) is 43.5 Å². The molecule has 0 spiro atoms. The molecule has 0 radical (unpaired) electrons. The maximum absolute atomic E-state index is 13.3. The van der Waals surface area contributed by atoms with E-state index in [4.69, 9.17) is 18.9 Å². The number of aliphatic hydroxyl groups is 8. The number of ether oxygens (including phenoxy) is 4. The second-order valence-electron chi connectivity index (χ2n) is 25.4. The van der Waals surface area contributed by atoms with Gasteiger partial charge in [0.05, 0.1) is 32.0 Å². The van der Waals surface area contributed by atoms with Gasteiger partial charge in [0.1, 0.15) is 48.8 Å². The molecule has 0 aromatic heterocycles. The summed E-state index contributed by atoms with van der Waals surface area (Å²) in [5.74, 6) is -0.207. The van der Waals surface area contributed by atoms with Crippen molar-refractivity contribution in [2.24, 2.45) is 0 Å². The Morgan fingerprint density at radius 1 is 0.429 bits per heavy atom. The highest BCUT2D eigenvalue weighted by Crippen LogP contribution is 2.30. The van der Waals surface area contributed by atoms with E-state index in [1.54, 1.807) is 0 Å². The van der Waals surface area contributed by atoms with Gasteiger partial charge in [0, 0.05) is 6.42 Å². The van der Waals surface area contributed by atoms with E-state index in [-0.39, 0.29) is 12.5 Å². The molecule has 14 nitrogen and oxygen atoms in total. The van der Waals surface area contributed by atoms with Crippen molar-refractivity contribution in [3.63, 3.8) is 0 Å². The number of hydrogen-bond acceptors (Lipinski definition) is 13. The molecule has 2 saturated heterocycles. The Labute approximate surface area is 513 Å². The zero-order valence-electron chi connectivity index (χ0n) is 53.9. The Kier molecular flexibility index (Phi) is 51.9. The van der Waals surface area contributed by atoms with Gasteiger partial charge >= 0.3 is 0 Å². The molecule has 0 aliphatic carbocycles. The highest BCUT2D eigenvalue weighted by Gasteiger charge is 2.51. The molecule has 2 rings (SSSR count). The second kappa shape index (κ2) is 55.5. The van der Waals surface area contributed by atoms with Crippen molar-refractivity contribution in [2.75, 3.05) is 19.8 Å². The Hall–Kier alpha value is -1.53. The van der Waals surface area contributed by atoms with E-state index in [1.165, 1.54) is 231 Å². The molecular weight excluding hydrogens is 1060 g/mol. The topological polar surface area (TPSA) is 228 Å². The molecule has 14 heteroatoms. The van der Waals surface area contributed by atoms with E-state index in [9.17, 15) is 45.6 Å². The van der Waals surface area contributed by atoms with Crippen LogP contribution in [0.1, 0.15) is 322 Å². The van der Waals surface area contributed by atoms with Crippen LogP contribution in [0.5, 0.6) is 0 Å². The van der Waals surface area contributed by atoms with Crippen LogP contribution in [0.2, 0.25) is 0 Å². The molecule has 0 aromatic rings. The summed E-state index contributed by atoms with van der Waals surface area (Å²) in [6, 6.07) is -0.831. The minimum absolute atomic E-state index is 0.207. The molecule has 496 valence electrons. The smallest absolute Gasteiger partial charge is 0.220 e. The third-order valence-corrected chi connectivity index (χ3v) is 17.7. The number of amides is 1. The highest BCUT2D eigenvalue weighted by atomic mass is 16.7. The summed E-state index contributed by atoms with van der Waals surface area (Å²) in [5, 5.41) is 87.6. The highest BCUT2D eigenvalue weighted by molar-refractivity contribution is 5.76. The molecule has 12 unspecified atom stereocenters. The SMILES string of the molecule is CCCCC/C=C\C/C=C\CCCCCCCCCCCC(=O)NC(COC1OC(CO)C(OC2OC(CO)C(O)C(O)C2O)C(O)C1O)C(O)CCCCCCCCCCCCCCCCCCCCCCCCCCCCCCCCC.